The molecule has 0 unspecified atom stereocenters. The molecule has 1 fully saturated rings. The lowest BCUT2D eigenvalue weighted by Crippen LogP contribution is -2.40. The normalized spacial score (nSPS) is 17.1. The van der Waals surface area contributed by atoms with Crippen LogP contribution in [-0.4, -0.2) is 42.0 Å². The van der Waals surface area contributed by atoms with Gasteiger partial charge in [-0.2, -0.15) is 0 Å². The maximum atomic E-state index is 12.3. The van der Waals surface area contributed by atoms with Crippen LogP contribution in [0.1, 0.15) is 35.1 Å². The third-order valence-electron chi connectivity index (χ3n) is 3.52. The van der Waals surface area contributed by atoms with Gasteiger partial charge in [-0.3, -0.25) is 4.79 Å². The van der Waals surface area contributed by atoms with Gasteiger partial charge in [0.2, 0.25) is 0 Å². The number of amides is 1. The van der Waals surface area contributed by atoms with Crippen molar-refractivity contribution >= 4 is 17.2 Å². The minimum atomic E-state index is 0.164. The first-order chi connectivity index (χ1) is 8.72. The summed E-state index contributed by atoms with van der Waals surface area (Å²) in [5.74, 6) is 0.883. The summed E-state index contributed by atoms with van der Waals surface area (Å²) >= 11 is 1.45. The summed E-state index contributed by atoms with van der Waals surface area (Å²) in [6.07, 6.45) is 2.22. The van der Waals surface area contributed by atoms with Crippen LogP contribution in [0.5, 0.6) is 0 Å². The van der Waals surface area contributed by atoms with Crippen LogP contribution >= 0.6 is 11.3 Å². The number of nitrogens with one attached hydrogen (secondary N) is 1. The lowest BCUT2D eigenvalue weighted by molar-refractivity contribution is 0.0694. The highest BCUT2D eigenvalue weighted by molar-refractivity contribution is 7.11. The van der Waals surface area contributed by atoms with Crippen LogP contribution in [0.15, 0.2) is 5.51 Å². The number of carbonyl (C=O) groups is 1. The zero-order valence-electron chi connectivity index (χ0n) is 11.1. The molecule has 2 rings (SSSR count). The van der Waals surface area contributed by atoms with Crippen molar-refractivity contribution in [2.75, 3.05) is 26.2 Å². The van der Waals surface area contributed by atoms with Gasteiger partial charge in [0, 0.05) is 13.1 Å². The fourth-order valence-electron chi connectivity index (χ4n) is 2.34. The Morgan fingerprint density at radius 3 is 2.83 bits per heavy atom. The number of piperidine rings is 1. The summed E-state index contributed by atoms with van der Waals surface area (Å²) in [5.41, 5.74) is 2.61. The maximum Gasteiger partial charge on any atom is 0.265 e. The molecule has 0 aromatic carbocycles. The molecule has 0 radical (unpaired) electrons. The van der Waals surface area contributed by atoms with Gasteiger partial charge in [0.05, 0.1) is 11.2 Å². The number of aromatic nitrogens is 1. The number of aryl methyl sites for hydroxylation is 1. The Kier molecular flexibility index (Phi) is 4.72. The lowest BCUT2D eigenvalue weighted by Gasteiger charge is -2.31. The summed E-state index contributed by atoms with van der Waals surface area (Å²) in [6.45, 7) is 7.91. The summed E-state index contributed by atoms with van der Waals surface area (Å²) in [7, 11) is 0. The predicted octanol–water partition coefficient (Wildman–Crippen LogP) is 1.91. The van der Waals surface area contributed by atoms with Crippen molar-refractivity contribution in [1.29, 1.82) is 0 Å². The van der Waals surface area contributed by atoms with Gasteiger partial charge in [-0.05, 0) is 38.8 Å². The first kappa shape index (κ1) is 13.5. The molecule has 0 saturated carbocycles. The number of likely N-dealkylation sites (tertiary alicyclic amines) is 1. The van der Waals surface area contributed by atoms with Crippen molar-refractivity contribution in [1.82, 2.24) is 15.2 Å². The van der Waals surface area contributed by atoms with Crippen molar-refractivity contribution in [3.05, 3.63) is 16.1 Å². The van der Waals surface area contributed by atoms with E-state index in [0.717, 1.165) is 55.5 Å². The van der Waals surface area contributed by atoms with Crippen LogP contribution in [0.4, 0.5) is 0 Å². The molecule has 1 N–H and O–H groups in total. The van der Waals surface area contributed by atoms with Gasteiger partial charge in [-0.15, -0.1) is 11.3 Å². The fourth-order valence-corrected chi connectivity index (χ4v) is 3.11. The molecule has 1 saturated heterocycles. The monoisotopic (exact) mass is 267 g/mol. The van der Waals surface area contributed by atoms with Crippen LogP contribution < -0.4 is 5.32 Å². The predicted molar refractivity (Wildman–Crippen MR) is 74.0 cm³/mol. The van der Waals surface area contributed by atoms with Crippen LogP contribution in [0.25, 0.3) is 0 Å². The number of thiazole rings is 1. The van der Waals surface area contributed by atoms with Crippen molar-refractivity contribution < 1.29 is 4.79 Å². The Balaban J connectivity index is 1.86. The van der Waals surface area contributed by atoms with Crippen LogP contribution in [0, 0.1) is 12.8 Å². The average Bonchev–Trinajstić information content (AvgIpc) is 2.82. The number of nitrogens with zero attached hydrogens (tertiary/aromatic N) is 2. The molecule has 1 amide bonds. The molecular weight excluding hydrogens is 246 g/mol. The first-order valence-corrected chi connectivity index (χ1v) is 7.50. The largest absolute Gasteiger partial charge is 0.338 e. The maximum absolute atomic E-state index is 12.3. The molecule has 5 heteroatoms. The molecule has 1 aromatic heterocycles. The van der Waals surface area contributed by atoms with Gasteiger partial charge in [0.15, 0.2) is 0 Å². The van der Waals surface area contributed by atoms with E-state index < -0.39 is 0 Å². The number of rotatable bonds is 4. The highest BCUT2D eigenvalue weighted by Crippen LogP contribution is 2.21. The van der Waals surface area contributed by atoms with Gasteiger partial charge >= 0.3 is 0 Å². The van der Waals surface area contributed by atoms with Crippen molar-refractivity contribution in [3.63, 3.8) is 0 Å². The summed E-state index contributed by atoms with van der Waals surface area (Å²) < 4.78 is 0. The smallest absolute Gasteiger partial charge is 0.265 e. The zero-order valence-corrected chi connectivity index (χ0v) is 11.9. The molecule has 4 nitrogen and oxygen atoms in total. The zero-order chi connectivity index (χ0) is 13.0. The first-order valence-electron chi connectivity index (χ1n) is 6.62. The Bertz CT molecular complexity index is 397. The van der Waals surface area contributed by atoms with Gasteiger partial charge < -0.3 is 10.2 Å². The molecule has 18 heavy (non-hydrogen) atoms. The van der Waals surface area contributed by atoms with Gasteiger partial charge in [-0.1, -0.05) is 6.92 Å². The average molecular weight is 267 g/mol. The topological polar surface area (TPSA) is 45.2 Å². The number of hydrogen-bond acceptors (Lipinski definition) is 4. The Morgan fingerprint density at radius 1 is 1.56 bits per heavy atom. The minimum absolute atomic E-state index is 0.164. The summed E-state index contributed by atoms with van der Waals surface area (Å²) in [6, 6.07) is 0. The minimum Gasteiger partial charge on any atom is -0.338 e. The van der Waals surface area contributed by atoms with E-state index in [1.807, 2.05) is 11.8 Å². The van der Waals surface area contributed by atoms with Crippen molar-refractivity contribution in [3.8, 4) is 0 Å². The molecular formula is C13H21N3OS. The summed E-state index contributed by atoms with van der Waals surface area (Å²) in [5, 5.41) is 3.39. The van der Waals surface area contributed by atoms with E-state index in [9.17, 15) is 4.79 Å². The van der Waals surface area contributed by atoms with Gasteiger partial charge in [-0.25, -0.2) is 4.98 Å². The van der Waals surface area contributed by atoms with E-state index in [0.29, 0.717) is 0 Å². The number of hydrogen-bond donors (Lipinski definition) is 1. The van der Waals surface area contributed by atoms with E-state index in [4.69, 9.17) is 0 Å². The van der Waals surface area contributed by atoms with Crippen molar-refractivity contribution in [2.45, 2.75) is 26.7 Å². The Labute approximate surface area is 112 Å². The molecule has 0 aliphatic carbocycles. The molecule has 0 atom stereocenters. The van der Waals surface area contributed by atoms with E-state index in [-0.39, 0.29) is 5.91 Å². The second-order valence-corrected chi connectivity index (χ2v) is 5.66. The second-order valence-electron chi connectivity index (χ2n) is 4.81. The van der Waals surface area contributed by atoms with E-state index >= 15 is 0 Å². The molecule has 2 heterocycles. The number of carbonyl (C=O) groups excluding carboxylic acids is 1. The lowest BCUT2D eigenvalue weighted by atomic mass is 9.96. The SMILES string of the molecule is CCNCC1CCN(C(=O)c2scnc2C)CC1. The molecule has 1 aliphatic rings. The fraction of sp³-hybridized carbons (Fsp3) is 0.692. The molecule has 1 aliphatic heterocycles. The quantitative estimate of drug-likeness (QED) is 0.906. The molecule has 0 bridgehead atoms. The standard InChI is InChI=1S/C13H21N3OS/c1-3-14-8-11-4-6-16(7-5-11)13(17)12-10(2)15-9-18-12/h9,11,14H,3-8H2,1-2H3. The molecule has 100 valence electrons. The van der Waals surface area contributed by atoms with Gasteiger partial charge in [0.25, 0.3) is 5.91 Å². The van der Waals surface area contributed by atoms with E-state index in [1.165, 1.54) is 11.3 Å². The Hall–Kier alpha value is -0.940. The third-order valence-corrected chi connectivity index (χ3v) is 4.44. The van der Waals surface area contributed by atoms with Crippen LogP contribution in [-0.2, 0) is 0 Å². The summed E-state index contributed by atoms with van der Waals surface area (Å²) in [4.78, 5) is 19.2. The van der Waals surface area contributed by atoms with Crippen molar-refractivity contribution in [2.24, 2.45) is 5.92 Å². The molecule has 1 aromatic rings. The second kappa shape index (κ2) is 6.29. The molecule has 0 spiro atoms. The Morgan fingerprint density at radius 2 is 2.28 bits per heavy atom. The highest BCUT2D eigenvalue weighted by Gasteiger charge is 2.25. The van der Waals surface area contributed by atoms with Crippen LogP contribution in [0.2, 0.25) is 0 Å². The van der Waals surface area contributed by atoms with E-state index in [2.05, 4.69) is 17.2 Å². The highest BCUT2D eigenvalue weighted by atomic mass is 32.1. The third kappa shape index (κ3) is 3.09. The van der Waals surface area contributed by atoms with Gasteiger partial charge in [0.1, 0.15) is 4.88 Å². The van der Waals surface area contributed by atoms with E-state index in [1.54, 1.807) is 5.51 Å². The van der Waals surface area contributed by atoms with Crippen LogP contribution in [0.3, 0.4) is 0 Å².